The first-order valence-corrected chi connectivity index (χ1v) is 22.2. The maximum absolute atomic E-state index is 10.7. The Bertz CT molecular complexity index is 3700. The lowest BCUT2D eigenvalue weighted by molar-refractivity contribution is 1.07. The van der Waals surface area contributed by atoms with Crippen molar-refractivity contribution in [3.63, 3.8) is 0 Å². The van der Waals surface area contributed by atoms with Crippen LogP contribution in [0.4, 0.5) is 0 Å². The quantitative estimate of drug-likeness (QED) is 0.153. The Morgan fingerprint density at radius 3 is 1.44 bits per heavy atom. The lowest BCUT2D eigenvalue weighted by atomic mass is 9.85. The SMILES string of the molecule is N#Cc1cccc(-c2ccc(-c3nc(-c4ccccc4)nc(-c4cccc(-c5ccccc5)c4)n3)cc2)c1-c1ccccc1-c1cccc(-c2ccc3cccc4c3c2-c2ccccc2-4)c1. The van der Waals surface area contributed by atoms with Crippen LogP contribution < -0.4 is 0 Å². The van der Waals surface area contributed by atoms with Crippen LogP contribution in [0.1, 0.15) is 5.56 Å². The molecule has 4 heteroatoms. The molecule has 1 aromatic heterocycles. The van der Waals surface area contributed by atoms with Crippen molar-refractivity contribution in [1.82, 2.24) is 15.0 Å². The van der Waals surface area contributed by atoms with E-state index in [9.17, 15) is 5.26 Å². The normalized spacial score (nSPS) is 11.3. The van der Waals surface area contributed by atoms with E-state index in [1.54, 1.807) is 0 Å². The molecule has 12 rings (SSSR count). The molecule has 0 amide bonds. The molecule has 306 valence electrons. The first-order chi connectivity index (χ1) is 32.7. The highest BCUT2D eigenvalue weighted by atomic mass is 15.0. The van der Waals surface area contributed by atoms with Crippen molar-refractivity contribution in [2.75, 3.05) is 0 Å². The fraction of sp³-hybridized carbons (Fsp3) is 0. The van der Waals surface area contributed by atoms with Gasteiger partial charge in [-0.25, -0.2) is 15.0 Å². The Hall–Kier alpha value is -9.04. The zero-order valence-corrected chi connectivity index (χ0v) is 35.7. The average Bonchev–Trinajstić information content (AvgIpc) is 3.74. The van der Waals surface area contributed by atoms with Gasteiger partial charge in [0, 0.05) is 22.3 Å². The summed E-state index contributed by atoms with van der Waals surface area (Å²) >= 11 is 0. The molecule has 1 heterocycles. The largest absolute Gasteiger partial charge is 0.208 e. The highest BCUT2D eigenvalue weighted by Crippen LogP contribution is 2.51. The van der Waals surface area contributed by atoms with Crippen LogP contribution in [0.2, 0.25) is 0 Å². The topological polar surface area (TPSA) is 62.5 Å². The molecule has 1 aliphatic carbocycles. The second-order valence-electron chi connectivity index (χ2n) is 16.6. The first-order valence-electron chi connectivity index (χ1n) is 22.2. The van der Waals surface area contributed by atoms with Crippen molar-refractivity contribution < 1.29 is 0 Å². The minimum Gasteiger partial charge on any atom is -0.208 e. The predicted molar refractivity (Wildman–Crippen MR) is 270 cm³/mol. The molecule has 10 aromatic carbocycles. The van der Waals surface area contributed by atoms with Crippen LogP contribution >= 0.6 is 0 Å². The Morgan fingerprint density at radius 1 is 0.273 bits per heavy atom. The maximum atomic E-state index is 10.7. The molecular weight excluding hydrogens is 801 g/mol. The number of nitrogens with zero attached hydrogens (tertiary/aromatic N) is 4. The molecule has 4 nitrogen and oxygen atoms in total. The summed E-state index contributed by atoms with van der Waals surface area (Å²) in [6.45, 7) is 0. The third kappa shape index (κ3) is 6.75. The highest BCUT2D eigenvalue weighted by Gasteiger charge is 2.25. The summed E-state index contributed by atoms with van der Waals surface area (Å²) < 4.78 is 0. The van der Waals surface area contributed by atoms with Crippen LogP contribution in [0, 0.1) is 11.3 Å². The second-order valence-corrected chi connectivity index (χ2v) is 16.6. The number of hydrogen-bond acceptors (Lipinski definition) is 4. The number of benzene rings is 10. The van der Waals surface area contributed by atoms with Crippen molar-refractivity contribution in [2.24, 2.45) is 0 Å². The van der Waals surface area contributed by atoms with Crippen LogP contribution in [-0.2, 0) is 0 Å². The molecule has 0 unspecified atom stereocenters. The minimum atomic E-state index is 0.580. The molecule has 0 fully saturated rings. The Balaban J connectivity index is 0.939. The van der Waals surface area contributed by atoms with Gasteiger partial charge in [-0.3, -0.25) is 0 Å². The number of fused-ring (bicyclic) bond motifs is 3. The third-order valence-electron chi connectivity index (χ3n) is 12.7. The fourth-order valence-electron chi connectivity index (χ4n) is 9.66. The van der Waals surface area contributed by atoms with Crippen LogP contribution in [0.3, 0.4) is 0 Å². The molecule has 0 N–H and O–H groups in total. The van der Waals surface area contributed by atoms with Gasteiger partial charge in [0.05, 0.1) is 11.6 Å². The molecule has 0 atom stereocenters. The Labute approximate surface area is 383 Å². The number of nitriles is 1. The van der Waals surface area contributed by atoms with E-state index in [2.05, 4.69) is 164 Å². The van der Waals surface area contributed by atoms with Crippen molar-refractivity contribution in [2.45, 2.75) is 0 Å². The monoisotopic (exact) mass is 838 g/mol. The minimum absolute atomic E-state index is 0.580. The van der Waals surface area contributed by atoms with Gasteiger partial charge >= 0.3 is 0 Å². The van der Waals surface area contributed by atoms with E-state index in [-0.39, 0.29) is 0 Å². The summed E-state index contributed by atoms with van der Waals surface area (Å²) in [5.41, 5.74) is 19.0. The summed E-state index contributed by atoms with van der Waals surface area (Å²) in [6, 6.07) is 82.8. The van der Waals surface area contributed by atoms with Crippen LogP contribution in [0.5, 0.6) is 0 Å². The lowest BCUT2D eigenvalue weighted by Crippen LogP contribution is -2.00. The van der Waals surface area contributed by atoms with Crippen LogP contribution in [0.25, 0.3) is 123 Å². The fourth-order valence-corrected chi connectivity index (χ4v) is 9.66. The number of rotatable bonds is 8. The zero-order valence-electron chi connectivity index (χ0n) is 35.7. The smallest absolute Gasteiger partial charge is 0.164 e. The Kier molecular flexibility index (Phi) is 9.51. The summed E-state index contributed by atoms with van der Waals surface area (Å²) in [5, 5.41) is 13.2. The maximum Gasteiger partial charge on any atom is 0.164 e. The van der Waals surface area contributed by atoms with Gasteiger partial charge in [0.2, 0.25) is 0 Å². The van der Waals surface area contributed by atoms with Gasteiger partial charge in [-0.2, -0.15) is 5.26 Å². The predicted octanol–water partition coefficient (Wildman–Crippen LogP) is 15.9. The molecule has 11 aromatic rings. The van der Waals surface area contributed by atoms with Gasteiger partial charge in [-0.1, -0.05) is 212 Å². The number of aromatic nitrogens is 3. The van der Waals surface area contributed by atoms with Crippen LogP contribution in [0.15, 0.2) is 231 Å². The molecule has 0 radical (unpaired) electrons. The van der Waals surface area contributed by atoms with Crippen molar-refractivity contribution in [3.05, 3.63) is 236 Å². The standard InChI is InChI=1S/C62H38N4/c63-39-49-24-14-29-51(41-31-33-44(34-32-41)61-64-60(43-17-5-2-6-18-43)65-62(66-61)48-23-11-20-45(37-48)40-15-3-1-4-16-40)57(49)54-27-9-7-25-50(54)46-21-12-22-47(38-46)52-36-35-42-19-13-30-55-53-26-8-10-28-56(53)59(52)58(42)55/h1-38H. The molecule has 0 bridgehead atoms. The van der Waals surface area contributed by atoms with Gasteiger partial charge in [0.1, 0.15) is 0 Å². The van der Waals surface area contributed by atoms with E-state index >= 15 is 0 Å². The zero-order chi connectivity index (χ0) is 44.0. The van der Waals surface area contributed by atoms with Crippen molar-refractivity contribution in [3.8, 4) is 118 Å². The molecule has 0 saturated carbocycles. The van der Waals surface area contributed by atoms with Gasteiger partial charge < -0.3 is 0 Å². The van der Waals surface area contributed by atoms with E-state index in [1.807, 2.05) is 72.8 Å². The van der Waals surface area contributed by atoms with Gasteiger partial charge in [-0.05, 0) is 101 Å². The molecule has 1 aliphatic rings. The summed E-state index contributed by atoms with van der Waals surface area (Å²) in [5.74, 6) is 1.79. The van der Waals surface area contributed by atoms with E-state index in [1.165, 1.54) is 38.6 Å². The van der Waals surface area contributed by atoms with Crippen molar-refractivity contribution in [1.29, 1.82) is 5.26 Å². The van der Waals surface area contributed by atoms with Gasteiger partial charge in [0.25, 0.3) is 0 Å². The summed E-state index contributed by atoms with van der Waals surface area (Å²) in [6.07, 6.45) is 0. The van der Waals surface area contributed by atoms with E-state index in [4.69, 9.17) is 15.0 Å². The first kappa shape index (κ1) is 38.6. The molecule has 0 spiro atoms. The molecule has 0 saturated heterocycles. The molecule has 0 aliphatic heterocycles. The van der Waals surface area contributed by atoms with E-state index in [0.717, 1.165) is 66.8 Å². The summed E-state index contributed by atoms with van der Waals surface area (Å²) in [4.78, 5) is 15.1. The van der Waals surface area contributed by atoms with Crippen molar-refractivity contribution >= 4 is 10.8 Å². The van der Waals surface area contributed by atoms with Gasteiger partial charge in [0.15, 0.2) is 17.5 Å². The van der Waals surface area contributed by atoms with Crippen LogP contribution in [-0.4, -0.2) is 15.0 Å². The summed E-state index contributed by atoms with van der Waals surface area (Å²) in [7, 11) is 0. The number of hydrogen-bond donors (Lipinski definition) is 0. The van der Waals surface area contributed by atoms with E-state index < -0.39 is 0 Å². The van der Waals surface area contributed by atoms with Gasteiger partial charge in [-0.15, -0.1) is 0 Å². The van der Waals surface area contributed by atoms with E-state index in [0.29, 0.717) is 23.0 Å². The molecule has 66 heavy (non-hydrogen) atoms. The average molecular weight is 839 g/mol. The second kappa shape index (κ2) is 16.3. The third-order valence-corrected chi connectivity index (χ3v) is 12.7. The Morgan fingerprint density at radius 2 is 0.727 bits per heavy atom. The highest BCUT2D eigenvalue weighted by molar-refractivity contribution is 6.19. The lowest BCUT2D eigenvalue weighted by Gasteiger charge is -2.17. The molecular formula is C62H38N4.